The van der Waals surface area contributed by atoms with E-state index in [2.05, 4.69) is 15.2 Å². The van der Waals surface area contributed by atoms with Crippen LogP contribution in [0.2, 0.25) is 0 Å². The average Bonchev–Trinajstić information content (AvgIpc) is 2.66. The molecule has 1 aliphatic rings. The molecule has 3 rings (SSSR count). The van der Waals surface area contributed by atoms with Gasteiger partial charge in [0, 0.05) is 31.4 Å². The molecule has 0 bridgehead atoms. The van der Waals surface area contributed by atoms with Gasteiger partial charge in [-0.15, -0.1) is 0 Å². The Kier molecular flexibility index (Phi) is 6.09. The van der Waals surface area contributed by atoms with Crippen LogP contribution >= 0.6 is 0 Å². The Hall–Kier alpha value is -2.31. The zero-order valence-electron chi connectivity index (χ0n) is 14.1. The number of nitrogens with zero attached hydrogens (tertiary/aromatic N) is 2. The van der Waals surface area contributed by atoms with Gasteiger partial charge >= 0.3 is 0 Å². The number of pyridine rings is 1. The predicted molar refractivity (Wildman–Crippen MR) is 93.8 cm³/mol. The van der Waals surface area contributed by atoms with Crippen molar-refractivity contribution in [1.29, 1.82) is 0 Å². The number of carbonyl (C=O) groups is 1. The fourth-order valence-electron chi connectivity index (χ4n) is 2.78. The summed E-state index contributed by atoms with van der Waals surface area (Å²) in [6.07, 6.45) is 2.43. The van der Waals surface area contributed by atoms with E-state index in [-0.39, 0.29) is 11.7 Å². The van der Waals surface area contributed by atoms with Crippen LogP contribution in [0, 0.1) is 5.82 Å². The van der Waals surface area contributed by atoms with Gasteiger partial charge in [-0.2, -0.15) is 0 Å². The number of nitrogens with one attached hydrogen (secondary N) is 1. The van der Waals surface area contributed by atoms with Gasteiger partial charge in [-0.05, 0) is 37.2 Å². The Morgan fingerprint density at radius 3 is 2.80 bits per heavy atom. The number of hydrogen-bond donors (Lipinski definition) is 1. The van der Waals surface area contributed by atoms with Crippen molar-refractivity contribution in [2.45, 2.75) is 6.42 Å². The summed E-state index contributed by atoms with van der Waals surface area (Å²) in [5, 5.41) is 2.91. The van der Waals surface area contributed by atoms with Crippen molar-refractivity contribution in [1.82, 2.24) is 15.2 Å². The summed E-state index contributed by atoms with van der Waals surface area (Å²) < 4.78 is 18.6. The summed E-state index contributed by atoms with van der Waals surface area (Å²) in [6.45, 7) is 5.08. The van der Waals surface area contributed by atoms with E-state index in [1.165, 1.54) is 18.3 Å². The number of hydrogen-bond acceptors (Lipinski definition) is 4. The molecule has 1 aliphatic heterocycles. The highest BCUT2D eigenvalue weighted by atomic mass is 19.1. The van der Waals surface area contributed by atoms with Gasteiger partial charge in [0.2, 0.25) is 0 Å². The maximum absolute atomic E-state index is 13.3. The Labute approximate surface area is 146 Å². The zero-order valence-corrected chi connectivity index (χ0v) is 14.1. The van der Waals surface area contributed by atoms with Crippen molar-refractivity contribution in [2.24, 2.45) is 0 Å². The second-order valence-corrected chi connectivity index (χ2v) is 6.01. The van der Waals surface area contributed by atoms with Gasteiger partial charge in [-0.1, -0.05) is 12.1 Å². The minimum absolute atomic E-state index is 0.139. The Morgan fingerprint density at radius 1 is 1.24 bits per heavy atom. The lowest BCUT2D eigenvalue weighted by Crippen LogP contribution is -2.38. The van der Waals surface area contributed by atoms with Crippen LogP contribution in [-0.4, -0.2) is 55.2 Å². The minimum Gasteiger partial charge on any atom is -0.379 e. The smallest absolute Gasteiger partial charge is 0.252 e. The van der Waals surface area contributed by atoms with Gasteiger partial charge in [0.25, 0.3) is 5.91 Å². The lowest BCUT2D eigenvalue weighted by atomic mass is 10.1. The molecule has 0 atom stereocenters. The number of halogens is 1. The van der Waals surface area contributed by atoms with Crippen molar-refractivity contribution in [3.8, 4) is 11.3 Å². The number of carbonyl (C=O) groups excluding carboxylic acids is 1. The fraction of sp³-hybridized carbons (Fsp3) is 0.368. The van der Waals surface area contributed by atoms with E-state index in [1.54, 1.807) is 24.3 Å². The maximum atomic E-state index is 13.3. The average molecular weight is 343 g/mol. The molecule has 1 N–H and O–H groups in total. The van der Waals surface area contributed by atoms with Gasteiger partial charge in [-0.25, -0.2) is 4.39 Å². The molecule has 1 fully saturated rings. The van der Waals surface area contributed by atoms with E-state index >= 15 is 0 Å². The molecule has 132 valence electrons. The SMILES string of the molecule is O=C(NCCCN1CCOCC1)c1ccc(-c2cccc(F)c2)nc1. The maximum Gasteiger partial charge on any atom is 0.252 e. The molecule has 0 aliphatic carbocycles. The van der Waals surface area contributed by atoms with E-state index < -0.39 is 0 Å². The molecule has 0 spiro atoms. The van der Waals surface area contributed by atoms with Crippen molar-refractivity contribution in [2.75, 3.05) is 39.4 Å². The van der Waals surface area contributed by atoms with Gasteiger partial charge in [0.15, 0.2) is 0 Å². The zero-order chi connectivity index (χ0) is 17.5. The van der Waals surface area contributed by atoms with Crippen LogP contribution in [0.15, 0.2) is 42.6 Å². The summed E-state index contributed by atoms with van der Waals surface area (Å²) >= 11 is 0. The lowest BCUT2D eigenvalue weighted by Gasteiger charge is -2.26. The third-order valence-electron chi connectivity index (χ3n) is 4.19. The molecule has 6 heteroatoms. The lowest BCUT2D eigenvalue weighted by molar-refractivity contribution is 0.0374. The molecular formula is C19H22FN3O2. The Bertz CT molecular complexity index is 700. The highest BCUT2D eigenvalue weighted by Crippen LogP contribution is 2.17. The fourth-order valence-corrected chi connectivity index (χ4v) is 2.78. The molecule has 1 saturated heterocycles. The molecule has 0 radical (unpaired) electrons. The summed E-state index contributed by atoms with van der Waals surface area (Å²) in [4.78, 5) is 18.8. The van der Waals surface area contributed by atoms with Crippen molar-refractivity contribution >= 4 is 5.91 Å². The number of amides is 1. The van der Waals surface area contributed by atoms with Crippen LogP contribution in [0.5, 0.6) is 0 Å². The molecular weight excluding hydrogens is 321 g/mol. The predicted octanol–water partition coefficient (Wildman–Crippen LogP) is 2.34. The van der Waals surface area contributed by atoms with Crippen LogP contribution in [0.3, 0.4) is 0 Å². The minimum atomic E-state index is -0.304. The van der Waals surface area contributed by atoms with Crippen molar-refractivity contribution in [3.05, 3.63) is 54.0 Å². The largest absolute Gasteiger partial charge is 0.379 e. The van der Waals surface area contributed by atoms with Gasteiger partial charge in [0.05, 0.1) is 24.5 Å². The first-order valence-electron chi connectivity index (χ1n) is 8.53. The summed E-state index contributed by atoms with van der Waals surface area (Å²) in [5.41, 5.74) is 1.84. The van der Waals surface area contributed by atoms with Crippen molar-refractivity contribution in [3.63, 3.8) is 0 Å². The Morgan fingerprint density at radius 2 is 2.08 bits per heavy atom. The molecule has 0 saturated carbocycles. The molecule has 2 aromatic rings. The molecule has 1 aromatic heterocycles. The number of morpholine rings is 1. The molecule has 0 unspecified atom stereocenters. The first-order valence-corrected chi connectivity index (χ1v) is 8.53. The highest BCUT2D eigenvalue weighted by molar-refractivity contribution is 5.94. The van der Waals surface area contributed by atoms with E-state index in [0.717, 1.165) is 39.3 Å². The van der Waals surface area contributed by atoms with Gasteiger partial charge < -0.3 is 10.1 Å². The van der Waals surface area contributed by atoms with Crippen LogP contribution in [0.4, 0.5) is 4.39 Å². The number of benzene rings is 1. The third kappa shape index (κ3) is 5.08. The van der Waals surface area contributed by atoms with E-state index in [9.17, 15) is 9.18 Å². The standard InChI is InChI=1S/C19H22FN3O2/c20-17-4-1-3-15(13-17)18-6-5-16(14-22-18)19(24)21-7-2-8-23-9-11-25-12-10-23/h1,3-6,13-14H,2,7-12H2,(H,21,24). The summed E-state index contributed by atoms with van der Waals surface area (Å²) in [6, 6.07) is 9.69. The number of rotatable bonds is 6. The molecule has 25 heavy (non-hydrogen) atoms. The second kappa shape index (κ2) is 8.69. The molecule has 2 heterocycles. The summed E-state index contributed by atoms with van der Waals surface area (Å²) in [7, 11) is 0. The van der Waals surface area contributed by atoms with E-state index in [1.807, 2.05) is 0 Å². The van der Waals surface area contributed by atoms with Crippen LogP contribution < -0.4 is 5.32 Å². The number of aromatic nitrogens is 1. The third-order valence-corrected chi connectivity index (χ3v) is 4.19. The number of ether oxygens (including phenoxy) is 1. The summed E-state index contributed by atoms with van der Waals surface area (Å²) in [5.74, 6) is -0.443. The van der Waals surface area contributed by atoms with E-state index in [0.29, 0.717) is 23.4 Å². The normalized spacial score (nSPS) is 15.1. The first-order chi connectivity index (χ1) is 12.2. The second-order valence-electron chi connectivity index (χ2n) is 6.01. The van der Waals surface area contributed by atoms with Crippen LogP contribution in [0.1, 0.15) is 16.8 Å². The monoisotopic (exact) mass is 343 g/mol. The van der Waals surface area contributed by atoms with Gasteiger partial charge in [-0.3, -0.25) is 14.7 Å². The Balaban J connectivity index is 1.47. The highest BCUT2D eigenvalue weighted by Gasteiger charge is 2.10. The van der Waals surface area contributed by atoms with Crippen LogP contribution in [0.25, 0.3) is 11.3 Å². The topological polar surface area (TPSA) is 54.5 Å². The molecule has 1 aromatic carbocycles. The van der Waals surface area contributed by atoms with Crippen LogP contribution in [-0.2, 0) is 4.74 Å². The first kappa shape index (κ1) is 17.5. The van der Waals surface area contributed by atoms with Gasteiger partial charge in [0.1, 0.15) is 5.82 Å². The van der Waals surface area contributed by atoms with Crippen molar-refractivity contribution < 1.29 is 13.9 Å². The molecule has 5 nitrogen and oxygen atoms in total. The quantitative estimate of drug-likeness (QED) is 0.818. The van der Waals surface area contributed by atoms with E-state index in [4.69, 9.17) is 4.74 Å². The molecule has 1 amide bonds.